The molecule has 0 saturated heterocycles. The molecule has 4 nitrogen and oxygen atoms in total. The van der Waals surface area contributed by atoms with Gasteiger partial charge < -0.3 is 15.6 Å². The zero-order valence-corrected chi connectivity index (χ0v) is 16.2. The van der Waals surface area contributed by atoms with Gasteiger partial charge in [0.25, 0.3) is 0 Å². The summed E-state index contributed by atoms with van der Waals surface area (Å²) in [6.07, 6.45) is -9.81. The highest BCUT2D eigenvalue weighted by Gasteiger charge is 2.49. The number of ether oxygens (including phenoxy) is 1. The highest BCUT2D eigenvalue weighted by atomic mass is 35.5. The van der Waals surface area contributed by atoms with Crippen molar-refractivity contribution >= 4 is 17.4 Å². The average Bonchev–Trinajstić information content (AvgIpc) is 2.60. The summed E-state index contributed by atoms with van der Waals surface area (Å²) in [6, 6.07) is 4.08. The molecule has 11 heteroatoms. The molecule has 1 heterocycles. The molecule has 3 N–H and O–H groups in total. The minimum atomic E-state index is -4.99. The van der Waals surface area contributed by atoms with Crippen molar-refractivity contribution in [3.05, 3.63) is 52.2 Å². The summed E-state index contributed by atoms with van der Waals surface area (Å²) in [5.74, 6) is 3.34. The third kappa shape index (κ3) is 5.49. The zero-order valence-electron chi connectivity index (χ0n) is 15.5. The van der Waals surface area contributed by atoms with Crippen molar-refractivity contribution in [2.45, 2.75) is 37.9 Å². The number of nitrogens with zero attached hydrogens (tertiary/aromatic N) is 1. The fraction of sp³-hybridized carbons (Fsp3) is 0.316. The van der Waals surface area contributed by atoms with Crippen LogP contribution in [0.15, 0.2) is 30.5 Å². The Morgan fingerprint density at radius 1 is 1.17 bits per heavy atom. The highest BCUT2D eigenvalue weighted by molar-refractivity contribution is 6.30. The molecule has 0 bridgehead atoms. The van der Waals surface area contributed by atoms with Crippen molar-refractivity contribution in [3.8, 4) is 17.6 Å². The number of aromatic nitrogens is 1. The van der Waals surface area contributed by atoms with Crippen LogP contribution in [-0.2, 0) is 6.18 Å². The molecule has 2 rings (SSSR count). The fourth-order valence-corrected chi connectivity index (χ4v) is 2.45. The number of aliphatic hydroxyl groups is 1. The Kier molecular flexibility index (Phi) is 6.49. The first-order valence-electron chi connectivity index (χ1n) is 8.23. The van der Waals surface area contributed by atoms with Gasteiger partial charge >= 0.3 is 12.4 Å². The molecule has 0 saturated carbocycles. The lowest BCUT2D eigenvalue weighted by molar-refractivity contribution is -0.228. The van der Waals surface area contributed by atoms with Crippen molar-refractivity contribution < 1.29 is 36.2 Å². The number of rotatable bonds is 3. The highest BCUT2D eigenvalue weighted by Crippen LogP contribution is 2.38. The summed E-state index contributed by atoms with van der Waals surface area (Å²) in [5.41, 5.74) is 1.05. The lowest BCUT2D eigenvalue weighted by Crippen LogP contribution is -2.40. The van der Waals surface area contributed by atoms with Crippen molar-refractivity contribution in [2.75, 3.05) is 5.73 Å². The van der Waals surface area contributed by atoms with Crippen LogP contribution in [-0.4, -0.2) is 21.9 Å². The van der Waals surface area contributed by atoms with E-state index in [9.17, 15) is 31.4 Å². The summed E-state index contributed by atoms with van der Waals surface area (Å²) >= 11 is 5.80. The molecule has 162 valence electrons. The number of pyridine rings is 1. The topological polar surface area (TPSA) is 68.4 Å². The second kappa shape index (κ2) is 8.24. The van der Waals surface area contributed by atoms with Gasteiger partial charge in [0.2, 0.25) is 5.60 Å². The van der Waals surface area contributed by atoms with Crippen LogP contribution >= 0.6 is 11.6 Å². The van der Waals surface area contributed by atoms with Crippen LogP contribution in [0.1, 0.15) is 36.6 Å². The SMILES string of the molecule is CC(Oc1cc(C#CC(C)(O)C(F)(F)F)cnc1N)c1cc(Cl)ccc1C(F)(F)F. The molecule has 1 aromatic heterocycles. The van der Waals surface area contributed by atoms with Gasteiger partial charge in [-0.3, -0.25) is 0 Å². The Hall–Kier alpha value is -2.64. The molecule has 0 aliphatic heterocycles. The smallest absolute Gasteiger partial charge is 0.428 e. The number of nitrogens with two attached hydrogens (primary N) is 1. The molecule has 0 amide bonds. The van der Waals surface area contributed by atoms with Crippen LogP contribution in [0.25, 0.3) is 0 Å². The first kappa shape index (κ1) is 23.6. The molecule has 0 fully saturated rings. The average molecular weight is 453 g/mol. The molecule has 2 aromatic rings. The minimum absolute atomic E-state index is 0.0496. The van der Waals surface area contributed by atoms with Crippen molar-refractivity contribution in [1.82, 2.24) is 4.98 Å². The molecule has 30 heavy (non-hydrogen) atoms. The van der Waals surface area contributed by atoms with Crippen LogP contribution in [0.4, 0.5) is 32.2 Å². The van der Waals surface area contributed by atoms with Gasteiger partial charge in [-0.1, -0.05) is 23.4 Å². The van der Waals surface area contributed by atoms with E-state index in [4.69, 9.17) is 22.1 Å². The van der Waals surface area contributed by atoms with E-state index in [2.05, 4.69) is 10.9 Å². The maximum Gasteiger partial charge on any atom is 0.428 e. The van der Waals surface area contributed by atoms with Crippen LogP contribution in [0.3, 0.4) is 0 Å². The largest absolute Gasteiger partial charge is 0.482 e. The van der Waals surface area contributed by atoms with E-state index >= 15 is 0 Å². The third-order valence-corrected chi connectivity index (χ3v) is 4.18. The van der Waals surface area contributed by atoms with E-state index in [1.807, 2.05) is 0 Å². The first-order valence-corrected chi connectivity index (χ1v) is 8.60. The lowest BCUT2D eigenvalue weighted by atomic mass is 10.0. The third-order valence-electron chi connectivity index (χ3n) is 3.94. The first-order chi connectivity index (χ1) is 13.6. The molecule has 2 atom stereocenters. The minimum Gasteiger partial charge on any atom is -0.482 e. The number of nitrogen functional groups attached to an aromatic ring is 1. The van der Waals surface area contributed by atoms with E-state index in [0.717, 1.165) is 30.5 Å². The zero-order chi connectivity index (χ0) is 22.9. The Morgan fingerprint density at radius 2 is 1.80 bits per heavy atom. The number of alkyl halides is 6. The number of hydrogen-bond acceptors (Lipinski definition) is 4. The summed E-state index contributed by atoms with van der Waals surface area (Å²) in [7, 11) is 0. The monoisotopic (exact) mass is 452 g/mol. The maximum absolute atomic E-state index is 13.3. The summed E-state index contributed by atoms with van der Waals surface area (Å²) in [5, 5.41) is 9.42. The predicted molar refractivity (Wildman–Crippen MR) is 97.7 cm³/mol. The molecule has 0 aliphatic rings. The maximum atomic E-state index is 13.3. The van der Waals surface area contributed by atoms with Gasteiger partial charge in [-0.15, -0.1) is 0 Å². The second-order valence-electron chi connectivity index (χ2n) is 6.42. The lowest BCUT2D eigenvalue weighted by Gasteiger charge is -2.21. The number of hydrogen-bond donors (Lipinski definition) is 2. The Bertz CT molecular complexity index is 993. The molecule has 0 radical (unpaired) electrons. The standard InChI is InChI=1S/C19H15ClF6N2O2/c1-10(13-8-12(20)3-4-14(13)18(21,22)23)30-15-7-11(9-28-16(15)27)5-6-17(2,29)19(24,25)26/h3-4,7-10,29H,1-2H3,(H2,27,28). The van der Waals surface area contributed by atoms with E-state index in [0.29, 0.717) is 6.92 Å². The number of benzene rings is 1. The van der Waals surface area contributed by atoms with Gasteiger partial charge in [-0.05, 0) is 32.0 Å². The molecular formula is C19H15ClF6N2O2. The van der Waals surface area contributed by atoms with Crippen LogP contribution in [0.5, 0.6) is 5.75 Å². The summed E-state index contributed by atoms with van der Waals surface area (Å²) < 4.78 is 83.3. The Labute approximate surface area is 172 Å². The second-order valence-corrected chi connectivity index (χ2v) is 6.85. The fourth-order valence-electron chi connectivity index (χ4n) is 2.26. The van der Waals surface area contributed by atoms with Crippen LogP contribution in [0, 0.1) is 11.8 Å². The van der Waals surface area contributed by atoms with Gasteiger partial charge in [0, 0.05) is 28.4 Å². The van der Waals surface area contributed by atoms with Crippen molar-refractivity contribution in [3.63, 3.8) is 0 Å². The van der Waals surface area contributed by atoms with Gasteiger partial charge in [0.05, 0.1) is 5.56 Å². The van der Waals surface area contributed by atoms with E-state index in [1.54, 1.807) is 5.92 Å². The van der Waals surface area contributed by atoms with E-state index in [1.165, 1.54) is 6.92 Å². The Morgan fingerprint density at radius 3 is 2.37 bits per heavy atom. The molecule has 2 unspecified atom stereocenters. The predicted octanol–water partition coefficient (Wildman–Crippen LogP) is 5.14. The van der Waals surface area contributed by atoms with Crippen LogP contribution in [0.2, 0.25) is 5.02 Å². The van der Waals surface area contributed by atoms with Gasteiger partial charge in [-0.25, -0.2) is 4.98 Å². The summed E-state index contributed by atoms with van der Waals surface area (Å²) in [6.45, 7) is 1.79. The summed E-state index contributed by atoms with van der Waals surface area (Å²) in [4.78, 5) is 3.72. The van der Waals surface area contributed by atoms with Gasteiger partial charge in [0.15, 0.2) is 11.6 Å². The quantitative estimate of drug-likeness (QED) is 0.500. The van der Waals surface area contributed by atoms with Crippen molar-refractivity contribution in [2.24, 2.45) is 0 Å². The van der Waals surface area contributed by atoms with E-state index < -0.39 is 29.6 Å². The number of anilines is 1. The molecule has 1 aromatic carbocycles. The molecular weight excluding hydrogens is 438 g/mol. The normalized spacial score (nSPS) is 15.0. The number of halogens is 7. The van der Waals surface area contributed by atoms with Crippen molar-refractivity contribution in [1.29, 1.82) is 0 Å². The van der Waals surface area contributed by atoms with Crippen LogP contribution < -0.4 is 10.5 Å². The molecule has 0 aliphatic carbocycles. The Balaban J connectivity index is 2.38. The van der Waals surface area contributed by atoms with Gasteiger partial charge in [0.1, 0.15) is 6.10 Å². The van der Waals surface area contributed by atoms with Gasteiger partial charge in [-0.2, -0.15) is 26.3 Å². The van der Waals surface area contributed by atoms with E-state index in [-0.39, 0.29) is 27.7 Å². The molecule has 0 spiro atoms.